The van der Waals surface area contributed by atoms with E-state index in [9.17, 15) is 18.5 Å². The van der Waals surface area contributed by atoms with E-state index in [1.165, 1.54) is 4.31 Å². The van der Waals surface area contributed by atoms with E-state index in [0.717, 1.165) is 30.2 Å². The first kappa shape index (κ1) is 16.6. The highest BCUT2D eigenvalue weighted by Gasteiger charge is 2.37. The van der Waals surface area contributed by atoms with E-state index in [2.05, 4.69) is 0 Å². The molecule has 7 nitrogen and oxygen atoms in total. The lowest BCUT2D eigenvalue weighted by Crippen LogP contribution is -2.46. The number of hydrogen-bond acceptors (Lipinski definition) is 6. The SMILES string of the molecule is CC1CCC(CN)CN1S(=O)(=O)c1cc([N+](=O)[O-])c(Cl)s1. The maximum absolute atomic E-state index is 12.7. The number of thiophene rings is 1. The quantitative estimate of drug-likeness (QED) is 0.658. The maximum Gasteiger partial charge on any atom is 0.300 e. The molecule has 2 rings (SSSR count). The van der Waals surface area contributed by atoms with Crippen LogP contribution < -0.4 is 5.73 Å². The van der Waals surface area contributed by atoms with Crippen LogP contribution in [0.2, 0.25) is 4.34 Å². The van der Waals surface area contributed by atoms with Crippen LogP contribution in [0, 0.1) is 16.0 Å². The molecule has 2 atom stereocenters. The zero-order valence-electron chi connectivity index (χ0n) is 11.4. The Morgan fingerprint density at radius 3 is 2.76 bits per heavy atom. The Balaban J connectivity index is 2.36. The molecule has 118 valence electrons. The summed E-state index contributed by atoms with van der Waals surface area (Å²) in [4.78, 5) is 10.1. The molecule has 10 heteroatoms. The van der Waals surface area contributed by atoms with Gasteiger partial charge in [0, 0.05) is 18.7 Å². The Morgan fingerprint density at radius 2 is 2.24 bits per heavy atom. The van der Waals surface area contributed by atoms with Crippen molar-refractivity contribution >= 4 is 38.6 Å². The van der Waals surface area contributed by atoms with Gasteiger partial charge in [-0.3, -0.25) is 10.1 Å². The van der Waals surface area contributed by atoms with Gasteiger partial charge in [-0.2, -0.15) is 4.31 Å². The molecule has 1 aromatic rings. The van der Waals surface area contributed by atoms with Crippen molar-refractivity contribution in [3.05, 3.63) is 20.5 Å². The molecule has 1 aliphatic heterocycles. The Bertz CT molecular complexity index is 646. The van der Waals surface area contributed by atoms with Gasteiger partial charge in [-0.25, -0.2) is 8.42 Å². The molecule has 2 N–H and O–H groups in total. The highest BCUT2D eigenvalue weighted by Crippen LogP contribution is 2.39. The zero-order chi connectivity index (χ0) is 15.8. The number of hydrogen-bond donors (Lipinski definition) is 1. The van der Waals surface area contributed by atoms with E-state index in [1.807, 2.05) is 6.92 Å². The van der Waals surface area contributed by atoms with Crippen LogP contribution in [-0.4, -0.2) is 36.8 Å². The van der Waals surface area contributed by atoms with E-state index in [-0.39, 0.29) is 26.2 Å². The third kappa shape index (κ3) is 3.21. The monoisotopic (exact) mass is 353 g/mol. The van der Waals surface area contributed by atoms with Gasteiger partial charge in [0.15, 0.2) is 4.34 Å². The van der Waals surface area contributed by atoms with Gasteiger partial charge >= 0.3 is 0 Å². The van der Waals surface area contributed by atoms with Crippen LogP contribution in [0.25, 0.3) is 0 Å². The number of rotatable bonds is 4. The Morgan fingerprint density at radius 1 is 1.57 bits per heavy atom. The normalized spacial score (nSPS) is 24.1. The molecule has 1 aromatic heterocycles. The predicted octanol–water partition coefficient (Wildman–Crippen LogP) is 2.06. The fraction of sp³-hybridized carbons (Fsp3) is 0.636. The van der Waals surface area contributed by atoms with Crippen molar-refractivity contribution in [3.8, 4) is 0 Å². The van der Waals surface area contributed by atoms with E-state index < -0.39 is 14.9 Å². The summed E-state index contributed by atoms with van der Waals surface area (Å²) in [6.45, 7) is 2.58. The second-order valence-corrected chi connectivity index (χ2v) is 8.86. The van der Waals surface area contributed by atoms with Gasteiger partial charge in [-0.15, -0.1) is 11.3 Å². The lowest BCUT2D eigenvalue weighted by Gasteiger charge is -2.36. The summed E-state index contributed by atoms with van der Waals surface area (Å²) < 4.78 is 26.5. The van der Waals surface area contributed by atoms with Gasteiger partial charge in [0.1, 0.15) is 4.21 Å². The van der Waals surface area contributed by atoms with Gasteiger partial charge in [-0.05, 0) is 32.2 Å². The number of nitrogens with two attached hydrogens (primary N) is 1. The molecule has 0 radical (unpaired) electrons. The minimum atomic E-state index is -3.78. The molecule has 0 aromatic carbocycles. The summed E-state index contributed by atoms with van der Waals surface area (Å²) in [5.74, 6) is 0.112. The number of piperidine rings is 1. The molecule has 0 aliphatic carbocycles. The molecule has 0 saturated carbocycles. The van der Waals surface area contributed by atoms with Gasteiger partial charge in [0.05, 0.1) is 4.92 Å². The average molecular weight is 354 g/mol. The lowest BCUT2D eigenvalue weighted by atomic mass is 9.96. The van der Waals surface area contributed by atoms with Crippen LogP contribution in [-0.2, 0) is 10.0 Å². The van der Waals surface area contributed by atoms with Gasteiger partial charge in [-0.1, -0.05) is 11.6 Å². The topological polar surface area (TPSA) is 107 Å². The lowest BCUT2D eigenvalue weighted by molar-refractivity contribution is -0.384. The molecule has 1 aliphatic rings. The minimum Gasteiger partial charge on any atom is -0.330 e. The Kier molecular flexibility index (Phi) is 4.89. The van der Waals surface area contributed by atoms with Crippen LogP contribution in [0.1, 0.15) is 19.8 Å². The van der Waals surface area contributed by atoms with E-state index >= 15 is 0 Å². The Hall–Kier alpha value is -0.740. The van der Waals surface area contributed by atoms with Crippen LogP contribution >= 0.6 is 22.9 Å². The number of halogens is 1. The average Bonchev–Trinajstić information content (AvgIpc) is 2.82. The molecule has 2 heterocycles. The van der Waals surface area contributed by atoms with Gasteiger partial charge < -0.3 is 5.73 Å². The van der Waals surface area contributed by atoms with E-state index in [0.29, 0.717) is 13.1 Å². The first-order chi connectivity index (χ1) is 9.77. The third-order valence-electron chi connectivity index (χ3n) is 3.66. The number of sulfonamides is 1. The standard InChI is InChI=1S/C11H16ClN3O4S2/c1-7-2-3-8(5-13)6-14(7)21(18,19)10-4-9(15(16)17)11(12)20-10/h4,7-8H,2-3,5-6,13H2,1H3. The summed E-state index contributed by atoms with van der Waals surface area (Å²) >= 11 is 6.47. The van der Waals surface area contributed by atoms with E-state index in [4.69, 9.17) is 17.3 Å². The highest BCUT2D eigenvalue weighted by molar-refractivity contribution is 7.91. The van der Waals surface area contributed by atoms with Crippen molar-refractivity contribution in [2.24, 2.45) is 11.7 Å². The van der Waals surface area contributed by atoms with Crippen LogP contribution in [0.15, 0.2) is 10.3 Å². The first-order valence-electron chi connectivity index (χ1n) is 6.43. The molecular formula is C11H16ClN3O4S2. The summed E-state index contributed by atoms with van der Waals surface area (Å²) in [7, 11) is -3.78. The fourth-order valence-corrected chi connectivity index (χ4v) is 5.91. The summed E-state index contributed by atoms with van der Waals surface area (Å²) in [6, 6.07) is 0.874. The van der Waals surface area contributed by atoms with Crippen molar-refractivity contribution in [2.45, 2.75) is 30.0 Å². The molecular weight excluding hydrogens is 338 g/mol. The van der Waals surface area contributed by atoms with E-state index in [1.54, 1.807) is 0 Å². The Labute approximate surface area is 131 Å². The van der Waals surface area contributed by atoms with Crippen molar-refractivity contribution in [2.75, 3.05) is 13.1 Å². The summed E-state index contributed by atoms with van der Waals surface area (Å²) in [5, 5.41) is 10.8. The molecule has 0 bridgehead atoms. The largest absolute Gasteiger partial charge is 0.330 e. The second-order valence-electron chi connectivity index (χ2n) is 5.08. The highest BCUT2D eigenvalue weighted by atomic mass is 35.5. The fourth-order valence-electron chi connectivity index (χ4n) is 2.38. The van der Waals surface area contributed by atoms with Gasteiger partial charge in [0.2, 0.25) is 0 Å². The smallest absolute Gasteiger partial charge is 0.300 e. The molecule has 21 heavy (non-hydrogen) atoms. The first-order valence-corrected chi connectivity index (χ1v) is 9.06. The van der Waals surface area contributed by atoms with Crippen molar-refractivity contribution < 1.29 is 13.3 Å². The number of nitrogens with zero attached hydrogens (tertiary/aromatic N) is 2. The van der Waals surface area contributed by atoms with Crippen LogP contribution in [0.3, 0.4) is 0 Å². The predicted molar refractivity (Wildman–Crippen MR) is 81.1 cm³/mol. The molecule has 0 spiro atoms. The maximum atomic E-state index is 12.7. The molecule has 1 fully saturated rings. The van der Waals surface area contributed by atoms with Crippen molar-refractivity contribution in [1.82, 2.24) is 4.31 Å². The van der Waals surface area contributed by atoms with Gasteiger partial charge in [0.25, 0.3) is 15.7 Å². The minimum absolute atomic E-state index is 0.0938. The van der Waals surface area contributed by atoms with Crippen LogP contribution in [0.5, 0.6) is 0 Å². The van der Waals surface area contributed by atoms with Crippen molar-refractivity contribution in [3.63, 3.8) is 0 Å². The molecule has 1 saturated heterocycles. The van der Waals surface area contributed by atoms with Crippen LogP contribution in [0.4, 0.5) is 5.69 Å². The molecule has 2 unspecified atom stereocenters. The summed E-state index contributed by atoms with van der Waals surface area (Å²) in [5.41, 5.74) is 5.26. The summed E-state index contributed by atoms with van der Waals surface area (Å²) in [6.07, 6.45) is 1.61. The van der Waals surface area contributed by atoms with Crippen molar-refractivity contribution in [1.29, 1.82) is 0 Å². The second kappa shape index (κ2) is 6.17. The zero-order valence-corrected chi connectivity index (χ0v) is 13.7. The molecule has 0 amide bonds. The third-order valence-corrected chi connectivity index (χ3v) is 7.43. The number of nitro groups is 1.